The largest absolute Gasteiger partial charge is 0.391 e. The maximum atomic E-state index is 12.2. The monoisotopic (exact) mass is 270 g/mol. The fourth-order valence-electron chi connectivity index (χ4n) is 1.95. The quantitative estimate of drug-likeness (QED) is 0.899. The summed E-state index contributed by atoms with van der Waals surface area (Å²) in [5.41, 5.74) is -0.320. The molecule has 0 saturated heterocycles. The number of alkyl halides is 3. The Labute approximate surface area is 107 Å². The Kier molecular flexibility index (Phi) is 3.50. The van der Waals surface area contributed by atoms with Crippen LogP contribution in [0.4, 0.5) is 19.0 Å². The SMILES string of the molecule is CC(CC(F)(F)F)Nc1cc2ccccc2c(=O)[nH]1. The number of H-pyrrole nitrogens is 1. The van der Waals surface area contributed by atoms with Crippen LogP contribution in [0, 0.1) is 0 Å². The van der Waals surface area contributed by atoms with E-state index in [-0.39, 0.29) is 5.56 Å². The molecule has 3 nitrogen and oxygen atoms in total. The van der Waals surface area contributed by atoms with Gasteiger partial charge >= 0.3 is 6.18 Å². The molecule has 2 N–H and O–H groups in total. The second-order valence-corrected chi connectivity index (χ2v) is 4.46. The lowest BCUT2D eigenvalue weighted by molar-refractivity contribution is -0.136. The highest BCUT2D eigenvalue weighted by Gasteiger charge is 2.30. The molecule has 0 bridgehead atoms. The number of pyridine rings is 1. The van der Waals surface area contributed by atoms with Crippen molar-refractivity contribution < 1.29 is 13.2 Å². The number of aromatic nitrogens is 1. The van der Waals surface area contributed by atoms with E-state index in [1.165, 1.54) is 6.92 Å². The Morgan fingerprint density at radius 2 is 2.00 bits per heavy atom. The molecule has 2 rings (SSSR count). The minimum absolute atomic E-state index is 0.292. The van der Waals surface area contributed by atoms with Crippen molar-refractivity contribution in [2.45, 2.75) is 25.6 Å². The predicted molar refractivity (Wildman–Crippen MR) is 68.3 cm³/mol. The Bertz CT molecular complexity index is 634. The minimum atomic E-state index is -4.23. The molecule has 1 aromatic heterocycles. The zero-order valence-electron chi connectivity index (χ0n) is 10.2. The van der Waals surface area contributed by atoms with Gasteiger partial charge in [-0.25, -0.2) is 0 Å². The molecule has 0 radical (unpaired) electrons. The first-order valence-corrected chi connectivity index (χ1v) is 5.80. The molecule has 1 atom stereocenters. The molecule has 1 heterocycles. The highest BCUT2D eigenvalue weighted by atomic mass is 19.4. The zero-order valence-corrected chi connectivity index (χ0v) is 10.2. The van der Waals surface area contributed by atoms with Crippen LogP contribution in [-0.4, -0.2) is 17.2 Å². The van der Waals surface area contributed by atoms with E-state index in [4.69, 9.17) is 0 Å². The molecule has 0 amide bonds. The number of nitrogens with one attached hydrogen (secondary N) is 2. The van der Waals surface area contributed by atoms with E-state index in [0.29, 0.717) is 16.6 Å². The van der Waals surface area contributed by atoms with Crippen LogP contribution in [0.2, 0.25) is 0 Å². The second kappa shape index (κ2) is 4.95. The van der Waals surface area contributed by atoms with E-state index in [1.807, 2.05) is 0 Å². The number of benzene rings is 1. The summed E-state index contributed by atoms with van der Waals surface area (Å²) < 4.78 is 36.7. The Morgan fingerprint density at radius 3 is 2.68 bits per heavy atom. The highest BCUT2D eigenvalue weighted by Crippen LogP contribution is 2.23. The van der Waals surface area contributed by atoms with E-state index in [0.717, 1.165) is 0 Å². The maximum absolute atomic E-state index is 12.2. The summed E-state index contributed by atoms with van der Waals surface area (Å²) in [5, 5.41) is 3.85. The number of halogens is 3. The number of hydrogen-bond donors (Lipinski definition) is 2. The molecule has 6 heteroatoms. The lowest BCUT2D eigenvalue weighted by atomic mass is 10.1. The van der Waals surface area contributed by atoms with Crippen molar-refractivity contribution in [3.63, 3.8) is 0 Å². The van der Waals surface area contributed by atoms with Crippen LogP contribution in [-0.2, 0) is 0 Å². The molecule has 102 valence electrons. The van der Waals surface area contributed by atoms with Crippen molar-refractivity contribution in [1.29, 1.82) is 0 Å². The Hall–Kier alpha value is -1.98. The molecule has 0 saturated carbocycles. The number of anilines is 1. The first-order valence-electron chi connectivity index (χ1n) is 5.80. The minimum Gasteiger partial charge on any atom is -0.369 e. The van der Waals surface area contributed by atoms with Gasteiger partial charge in [0, 0.05) is 11.4 Å². The summed E-state index contributed by atoms with van der Waals surface area (Å²) in [6.07, 6.45) is -5.19. The van der Waals surface area contributed by atoms with Crippen molar-refractivity contribution in [2.24, 2.45) is 0 Å². The van der Waals surface area contributed by atoms with E-state index in [2.05, 4.69) is 10.3 Å². The number of hydrogen-bond acceptors (Lipinski definition) is 2. The number of fused-ring (bicyclic) bond motifs is 1. The fraction of sp³-hybridized carbons (Fsp3) is 0.308. The topological polar surface area (TPSA) is 44.9 Å². The molecule has 0 aliphatic carbocycles. The molecule has 0 aliphatic rings. The standard InChI is InChI=1S/C13H13F3N2O/c1-8(7-13(14,15)16)17-11-6-9-4-2-3-5-10(9)12(19)18-11/h2-6,8H,7H2,1H3,(H2,17,18,19). The highest BCUT2D eigenvalue weighted by molar-refractivity contribution is 5.83. The first kappa shape index (κ1) is 13.5. The van der Waals surface area contributed by atoms with Crippen molar-refractivity contribution in [3.8, 4) is 0 Å². The van der Waals surface area contributed by atoms with Crippen LogP contribution < -0.4 is 10.9 Å². The second-order valence-electron chi connectivity index (χ2n) is 4.46. The van der Waals surface area contributed by atoms with Crippen LogP contribution >= 0.6 is 0 Å². The fourth-order valence-corrected chi connectivity index (χ4v) is 1.95. The lowest BCUT2D eigenvalue weighted by Crippen LogP contribution is -2.25. The van der Waals surface area contributed by atoms with Gasteiger partial charge in [-0.15, -0.1) is 0 Å². The summed E-state index contributed by atoms with van der Waals surface area (Å²) in [6, 6.07) is 7.73. The average Bonchev–Trinajstić information content (AvgIpc) is 2.26. The molecule has 0 fully saturated rings. The molecule has 0 spiro atoms. The van der Waals surface area contributed by atoms with Gasteiger partial charge < -0.3 is 10.3 Å². The van der Waals surface area contributed by atoms with Crippen molar-refractivity contribution >= 4 is 16.6 Å². The molecular weight excluding hydrogens is 257 g/mol. The summed E-state index contributed by atoms with van der Waals surface area (Å²) >= 11 is 0. The molecule has 1 unspecified atom stereocenters. The third-order valence-corrected chi connectivity index (χ3v) is 2.69. The van der Waals surface area contributed by atoms with Crippen LogP contribution in [0.3, 0.4) is 0 Å². The van der Waals surface area contributed by atoms with Crippen molar-refractivity contribution in [2.75, 3.05) is 5.32 Å². The van der Waals surface area contributed by atoms with E-state index < -0.39 is 18.6 Å². The van der Waals surface area contributed by atoms with Gasteiger partial charge in [-0.1, -0.05) is 18.2 Å². The van der Waals surface area contributed by atoms with Gasteiger partial charge in [-0.3, -0.25) is 4.79 Å². The van der Waals surface area contributed by atoms with Crippen LogP contribution in [0.25, 0.3) is 10.8 Å². The average molecular weight is 270 g/mol. The number of rotatable bonds is 3. The third kappa shape index (κ3) is 3.49. The van der Waals surface area contributed by atoms with Crippen molar-refractivity contribution in [3.05, 3.63) is 40.7 Å². The van der Waals surface area contributed by atoms with Crippen molar-refractivity contribution in [1.82, 2.24) is 4.98 Å². The summed E-state index contributed by atoms with van der Waals surface area (Å²) in [5.74, 6) is 0.292. The van der Waals surface area contributed by atoms with Gasteiger partial charge in [0.05, 0.1) is 6.42 Å². The van der Waals surface area contributed by atoms with E-state index >= 15 is 0 Å². The van der Waals surface area contributed by atoms with Crippen LogP contribution in [0.15, 0.2) is 35.1 Å². The third-order valence-electron chi connectivity index (χ3n) is 2.69. The van der Waals surface area contributed by atoms with Gasteiger partial charge in [0.1, 0.15) is 5.82 Å². The van der Waals surface area contributed by atoms with Crippen LogP contribution in [0.1, 0.15) is 13.3 Å². The Morgan fingerprint density at radius 1 is 1.32 bits per heavy atom. The zero-order chi connectivity index (χ0) is 14.0. The Balaban J connectivity index is 2.24. The molecular formula is C13H13F3N2O. The number of aromatic amines is 1. The van der Waals surface area contributed by atoms with E-state index in [1.54, 1.807) is 30.3 Å². The van der Waals surface area contributed by atoms with Crippen LogP contribution in [0.5, 0.6) is 0 Å². The molecule has 2 aromatic rings. The summed E-state index contributed by atoms with van der Waals surface area (Å²) in [4.78, 5) is 14.3. The smallest absolute Gasteiger partial charge is 0.369 e. The maximum Gasteiger partial charge on any atom is 0.391 e. The first-order chi connectivity index (χ1) is 8.85. The van der Waals surface area contributed by atoms with Gasteiger partial charge in [-0.05, 0) is 24.4 Å². The van der Waals surface area contributed by atoms with E-state index in [9.17, 15) is 18.0 Å². The van der Waals surface area contributed by atoms with Gasteiger partial charge in [0.25, 0.3) is 5.56 Å². The van der Waals surface area contributed by atoms with Gasteiger partial charge in [-0.2, -0.15) is 13.2 Å². The summed E-state index contributed by atoms with van der Waals surface area (Å²) in [6.45, 7) is 1.42. The predicted octanol–water partition coefficient (Wildman–Crippen LogP) is 3.28. The summed E-state index contributed by atoms with van der Waals surface area (Å²) in [7, 11) is 0. The molecule has 19 heavy (non-hydrogen) atoms. The molecule has 1 aromatic carbocycles. The normalized spacial score (nSPS) is 13.5. The molecule has 0 aliphatic heterocycles. The van der Waals surface area contributed by atoms with Gasteiger partial charge in [0.2, 0.25) is 0 Å². The lowest BCUT2D eigenvalue weighted by Gasteiger charge is -2.16. The van der Waals surface area contributed by atoms with Gasteiger partial charge in [0.15, 0.2) is 0 Å².